The van der Waals surface area contributed by atoms with E-state index in [9.17, 15) is 15.2 Å². The minimum absolute atomic E-state index is 0.132. The van der Waals surface area contributed by atoms with Crippen molar-refractivity contribution in [3.63, 3.8) is 0 Å². The lowest BCUT2D eigenvalue weighted by Crippen LogP contribution is -2.12. The van der Waals surface area contributed by atoms with Crippen LogP contribution in [0, 0.1) is 10.1 Å². The fourth-order valence-corrected chi connectivity index (χ4v) is 2.51. The van der Waals surface area contributed by atoms with Gasteiger partial charge in [-0.05, 0) is 34.5 Å². The lowest BCUT2D eigenvalue weighted by Gasteiger charge is -2.13. The normalized spacial score (nSPS) is 11.9. The molecular formula is C13H14N2O4S. The van der Waals surface area contributed by atoms with Gasteiger partial charge in [0.2, 0.25) is 0 Å². The van der Waals surface area contributed by atoms with Crippen LogP contribution < -0.4 is 10.1 Å². The highest BCUT2D eigenvalue weighted by atomic mass is 32.1. The number of ether oxygens (including phenoxy) is 1. The average Bonchev–Trinajstić information content (AvgIpc) is 2.98. The quantitative estimate of drug-likeness (QED) is 0.632. The van der Waals surface area contributed by atoms with E-state index < -0.39 is 11.0 Å². The summed E-state index contributed by atoms with van der Waals surface area (Å²) in [6, 6.07) is 6.59. The zero-order chi connectivity index (χ0) is 14.5. The third-order valence-electron chi connectivity index (χ3n) is 2.82. The van der Waals surface area contributed by atoms with Gasteiger partial charge < -0.3 is 15.2 Å². The third kappa shape index (κ3) is 3.06. The van der Waals surface area contributed by atoms with Crippen molar-refractivity contribution in [3.8, 4) is 5.75 Å². The van der Waals surface area contributed by atoms with Gasteiger partial charge in [-0.1, -0.05) is 6.07 Å². The van der Waals surface area contributed by atoms with E-state index in [1.807, 2.05) is 16.8 Å². The van der Waals surface area contributed by atoms with Gasteiger partial charge in [0.05, 0.1) is 18.1 Å². The Balaban J connectivity index is 2.15. The van der Waals surface area contributed by atoms with E-state index in [4.69, 9.17) is 4.74 Å². The molecule has 1 unspecified atom stereocenters. The first kappa shape index (κ1) is 14.3. The molecular weight excluding hydrogens is 280 g/mol. The number of nitrogens with zero attached hydrogens (tertiary/aromatic N) is 1. The van der Waals surface area contributed by atoms with E-state index in [-0.39, 0.29) is 18.0 Å². The largest absolute Gasteiger partial charge is 0.490 e. The Morgan fingerprint density at radius 3 is 2.90 bits per heavy atom. The van der Waals surface area contributed by atoms with Crippen molar-refractivity contribution in [2.24, 2.45) is 0 Å². The second-order valence-corrected chi connectivity index (χ2v) is 4.85. The van der Waals surface area contributed by atoms with Gasteiger partial charge in [-0.2, -0.15) is 11.3 Å². The van der Waals surface area contributed by atoms with E-state index in [2.05, 4.69) is 5.32 Å². The Kier molecular flexibility index (Phi) is 4.54. The molecule has 0 radical (unpaired) electrons. The molecule has 0 aliphatic carbocycles. The Labute approximate surface area is 119 Å². The van der Waals surface area contributed by atoms with Gasteiger partial charge in [0.15, 0.2) is 5.75 Å². The molecule has 0 aliphatic rings. The lowest BCUT2D eigenvalue weighted by molar-refractivity contribution is -0.384. The lowest BCUT2D eigenvalue weighted by atomic mass is 10.2. The fraction of sp³-hybridized carbons (Fsp3) is 0.231. The summed E-state index contributed by atoms with van der Waals surface area (Å²) in [4.78, 5) is 10.6. The molecule has 0 fully saturated rings. The number of para-hydroxylation sites is 1. The standard InChI is InChI=1S/C13H14N2O4S/c1-19-12-4-2-3-10(13(12)15(17)18)14-7-11(16)9-5-6-20-8-9/h2-6,8,11,14,16H,7H2,1H3. The fourth-order valence-electron chi connectivity index (χ4n) is 1.81. The Morgan fingerprint density at radius 2 is 2.30 bits per heavy atom. The van der Waals surface area contributed by atoms with Crippen LogP contribution in [0.5, 0.6) is 5.75 Å². The van der Waals surface area contributed by atoms with Gasteiger partial charge in [0.1, 0.15) is 5.69 Å². The molecule has 20 heavy (non-hydrogen) atoms. The van der Waals surface area contributed by atoms with Crippen molar-refractivity contribution in [2.75, 3.05) is 19.0 Å². The molecule has 0 saturated carbocycles. The zero-order valence-electron chi connectivity index (χ0n) is 10.8. The summed E-state index contributed by atoms with van der Waals surface area (Å²) in [7, 11) is 1.38. The van der Waals surface area contributed by atoms with Crippen molar-refractivity contribution in [3.05, 3.63) is 50.7 Å². The van der Waals surface area contributed by atoms with Crippen LogP contribution in [0.4, 0.5) is 11.4 Å². The van der Waals surface area contributed by atoms with E-state index in [1.165, 1.54) is 24.5 Å². The van der Waals surface area contributed by atoms with E-state index in [0.29, 0.717) is 5.69 Å². The summed E-state index contributed by atoms with van der Waals surface area (Å²) in [5, 5.41) is 27.7. The minimum Gasteiger partial charge on any atom is -0.490 e. The summed E-state index contributed by atoms with van der Waals surface area (Å²) >= 11 is 1.49. The number of hydrogen-bond acceptors (Lipinski definition) is 6. The smallest absolute Gasteiger partial charge is 0.333 e. The summed E-state index contributed by atoms with van der Waals surface area (Å²) in [5.41, 5.74) is 0.976. The molecule has 0 bridgehead atoms. The molecule has 1 aromatic carbocycles. The number of hydrogen-bond donors (Lipinski definition) is 2. The molecule has 1 aromatic heterocycles. The highest BCUT2D eigenvalue weighted by molar-refractivity contribution is 7.07. The second-order valence-electron chi connectivity index (χ2n) is 4.07. The van der Waals surface area contributed by atoms with Crippen LogP contribution in [-0.2, 0) is 0 Å². The number of aliphatic hydroxyl groups excluding tert-OH is 1. The maximum Gasteiger partial charge on any atom is 0.333 e. The number of rotatable bonds is 6. The number of nitro benzene ring substituents is 1. The number of aliphatic hydroxyl groups is 1. The van der Waals surface area contributed by atoms with E-state index >= 15 is 0 Å². The van der Waals surface area contributed by atoms with Gasteiger partial charge in [0, 0.05) is 6.54 Å². The number of thiophene rings is 1. The van der Waals surface area contributed by atoms with Crippen molar-refractivity contribution < 1.29 is 14.8 Å². The summed E-state index contributed by atoms with van der Waals surface area (Å²) < 4.78 is 4.98. The highest BCUT2D eigenvalue weighted by Crippen LogP contribution is 2.34. The molecule has 1 heterocycles. The topological polar surface area (TPSA) is 84.6 Å². The van der Waals surface area contributed by atoms with Crippen molar-refractivity contribution in [2.45, 2.75) is 6.10 Å². The van der Waals surface area contributed by atoms with Gasteiger partial charge >= 0.3 is 5.69 Å². The molecule has 7 heteroatoms. The first-order chi connectivity index (χ1) is 9.63. The third-order valence-corrected chi connectivity index (χ3v) is 3.52. The molecule has 0 aliphatic heterocycles. The highest BCUT2D eigenvalue weighted by Gasteiger charge is 2.21. The zero-order valence-corrected chi connectivity index (χ0v) is 11.6. The summed E-state index contributed by atoms with van der Waals surface area (Å²) in [5.74, 6) is 0.185. The first-order valence-corrected chi connectivity index (χ1v) is 6.83. The van der Waals surface area contributed by atoms with Crippen molar-refractivity contribution in [1.82, 2.24) is 0 Å². The molecule has 106 valence electrons. The Hall–Kier alpha value is -2.12. The van der Waals surface area contributed by atoms with E-state index in [0.717, 1.165) is 5.56 Å². The van der Waals surface area contributed by atoms with Crippen LogP contribution in [0.1, 0.15) is 11.7 Å². The van der Waals surface area contributed by atoms with Crippen molar-refractivity contribution in [1.29, 1.82) is 0 Å². The van der Waals surface area contributed by atoms with Crippen LogP contribution in [0.25, 0.3) is 0 Å². The maximum atomic E-state index is 11.1. The molecule has 1 atom stereocenters. The van der Waals surface area contributed by atoms with Gasteiger partial charge in [0.25, 0.3) is 0 Å². The maximum absolute atomic E-state index is 11.1. The number of benzene rings is 1. The van der Waals surface area contributed by atoms with Crippen LogP contribution in [0.3, 0.4) is 0 Å². The SMILES string of the molecule is COc1cccc(NCC(O)c2ccsc2)c1[N+](=O)[O-]. The van der Waals surface area contributed by atoms with Gasteiger partial charge in [-0.15, -0.1) is 0 Å². The first-order valence-electron chi connectivity index (χ1n) is 5.89. The number of anilines is 1. The van der Waals surface area contributed by atoms with E-state index in [1.54, 1.807) is 12.1 Å². The minimum atomic E-state index is -0.716. The van der Waals surface area contributed by atoms with Gasteiger partial charge in [-0.25, -0.2) is 0 Å². The predicted octanol–water partition coefficient (Wildman–Crippen LogP) is 2.81. The average molecular weight is 294 g/mol. The number of nitrogens with one attached hydrogen (secondary N) is 1. The van der Waals surface area contributed by atoms with Gasteiger partial charge in [-0.3, -0.25) is 10.1 Å². The molecule has 2 N–H and O–H groups in total. The van der Waals surface area contributed by atoms with Crippen LogP contribution in [0.2, 0.25) is 0 Å². The Bertz CT molecular complexity index is 586. The number of nitro groups is 1. The number of methoxy groups -OCH3 is 1. The Morgan fingerprint density at radius 1 is 1.50 bits per heavy atom. The van der Waals surface area contributed by atoms with Crippen LogP contribution in [-0.4, -0.2) is 23.7 Å². The van der Waals surface area contributed by atoms with Crippen molar-refractivity contribution >= 4 is 22.7 Å². The second kappa shape index (κ2) is 6.36. The summed E-state index contributed by atoms with van der Waals surface area (Å²) in [6.07, 6.45) is -0.716. The molecule has 0 amide bonds. The molecule has 0 spiro atoms. The molecule has 2 aromatic rings. The molecule has 6 nitrogen and oxygen atoms in total. The van der Waals surface area contributed by atoms with Crippen LogP contribution in [0.15, 0.2) is 35.0 Å². The van der Waals surface area contributed by atoms with Crippen LogP contribution >= 0.6 is 11.3 Å². The predicted molar refractivity (Wildman–Crippen MR) is 77.4 cm³/mol. The summed E-state index contributed by atoms with van der Waals surface area (Å²) in [6.45, 7) is 0.185. The molecule has 2 rings (SSSR count). The monoisotopic (exact) mass is 294 g/mol. The molecule has 0 saturated heterocycles.